The van der Waals surface area contributed by atoms with Crippen molar-refractivity contribution in [1.29, 1.82) is 0 Å². The summed E-state index contributed by atoms with van der Waals surface area (Å²) in [6, 6.07) is 11.8. The zero-order valence-electron chi connectivity index (χ0n) is 13.8. The number of carbonyl (C=O) groups is 1. The van der Waals surface area contributed by atoms with Crippen molar-refractivity contribution in [3.05, 3.63) is 75.6 Å². The Kier molecular flexibility index (Phi) is 4.38. The van der Waals surface area contributed by atoms with Crippen LogP contribution in [0, 0.1) is 24.0 Å². The molecule has 126 valence electrons. The number of hydrogen-bond donors (Lipinski definition) is 0. The molecule has 0 bridgehead atoms. The highest BCUT2D eigenvalue weighted by molar-refractivity contribution is 5.97. The minimum atomic E-state index is -0.468. The third kappa shape index (κ3) is 3.60. The molecule has 0 saturated carbocycles. The van der Waals surface area contributed by atoms with Crippen LogP contribution in [0.2, 0.25) is 0 Å². The van der Waals surface area contributed by atoms with Gasteiger partial charge in [-0.3, -0.25) is 14.9 Å². The first-order valence-corrected chi connectivity index (χ1v) is 7.69. The minimum absolute atomic E-state index is 0.0275. The van der Waals surface area contributed by atoms with E-state index in [0.717, 1.165) is 11.1 Å². The lowest BCUT2D eigenvalue weighted by Gasteiger charge is -2.06. The number of carbonyl (C=O) groups excluding carboxylic acids is 1. The van der Waals surface area contributed by atoms with Crippen LogP contribution in [0.5, 0.6) is 0 Å². The summed E-state index contributed by atoms with van der Waals surface area (Å²) in [5, 5.41) is 15.1. The molecule has 0 saturated heterocycles. The second kappa shape index (κ2) is 6.64. The van der Waals surface area contributed by atoms with Crippen molar-refractivity contribution >= 4 is 11.5 Å². The van der Waals surface area contributed by atoms with E-state index in [1.807, 2.05) is 32.0 Å². The Morgan fingerprint density at radius 1 is 1.20 bits per heavy atom. The van der Waals surface area contributed by atoms with E-state index in [0.29, 0.717) is 17.0 Å². The Labute approximate surface area is 144 Å². The second-order valence-corrected chi connectivity index (χ2v) is 5.81. The van der Waals surface area contributed by atoms with E-state index in [-0.39, 0.29) is 18.0 Å². The van der Waals surface area contributed by atoms with Gasteiger partial charge in [-0.05, 0) is 25.5 Å². The number of nitro groups is 1. The molecule has 1 aromatic heterocycles. The molecule has 25 heavy (non-hydrogen) atoms. The number of aryl methyl sites for hydroxylation is 2. The monoisotopic (exact) mass is 336 g/mol. The molecule has 2 aromatic carbocycles. The third-order valence-corrected chi connectivity index (χ3v) is 3.85. The Balaban J connectivity index is 1.82. The number of ketones is 1. The maximum absolute atomic E-state index is 12.5. The van der Waals surface area contributed by atoms with Crippen molar-refractivity contribution in [1.82, 2.24) is 14.8 Å². The maximum atomic E-state index is 12.5. The van der Waals surface area contributed by atoms with Gasteiger partial charge >= 0.3 is 0 Å². The van der Waals surface area contributed by atoms with Crippen LogP contribution in [-0.4, -0.2) is 25.5 Å². The molecule has 0 amide bonds. The summed E-state index contributed by atoms with van der Waals surface area (Å²) in [6.07, 6.45) is 1.46. The lowest BCUT2D eigenvalue weighted by Crippen LogP contribution is -2.12. The van der Waals surface area contributed by atoms with E-state index in [1.54, 1.807) is 12.1 Å². The fourth-order valence-corrected chi connectivity index (χ4v) is 2.53. The second-order valence-electron chi connectivity index (χ2n) is 5.81. The van der Waals surface area contributed by atoms with Gasteiger partial charge in [0, 0.05) is 23.3 Å². The average molecular weight is 336 g/mol. The van der Waals surface area contributed by atoms with Gasteiger partial charge < -0.3 is 0 Å². The van der Waals surface area contributed by atoms with Crippen LogP contribution in [0.4, 0.5) is 5.69 Å². The molecule has 0 aliphatic rings. The van der Waals surface area contributed by atoms with Crippen LogP contribution in [0.25, 0.3) is 11.4 Å². The molecule has 0 fully saturated rings. The first-order chi connectivity index (χ1) is 11.9. The summed E-state index contributed by atoms with van der Waals surface area (Å²) < 4.78 is 1.44. The van der Waals surface area contributed by atoms with Crippen LogP contribution in [0.3, 0.4) is 0 Å². The number of non-ortho nitro benzene ring substituents is 1. The first kappa shape index (κ1) is 16.5. The minimum Gasteiger partial charge on any atom is -0.292 e. The number of rotatable bonds is 5. The molecule has 3 aromatic rings. The molecule has 7 heteroatoms. The van der Waals surface area contributed by atoms with Gasteiger partial charge in [0.25, 0.3) is 5.69 Å². The number of nitro benzene ring substituents is 1. The van der Waals surface area contributed by atoms with E-state index in [4.69, 9.17) is 0 Å². The molecule has 0 spiro atoms. The molecule has 0 unspecified atom stereocenters. The van der Waals surface area contributed by atoms with Crippen molar-refractivity contribution in [2.75, 3.05) is 0 Å². The van der Waals surface area contributed by atoms with Crippen LogP contribution in [-0.2, 0) is 6.54 Å². The van der Waals surface area contributed by atoms with Gasteiger partial charge in [-0.2, -0.15) is 5.10 Å². The van der Waals surface area contributed by atoms with E-state index in [2.05, 4.69) is 10.1 Å². The number of benzene rings is 2. The predicted octanol–water partition coefficient (Wildman–Crippen LogP) is 3.35. The standard InChI is InChI=1S/C18H16N4O3/c1-12-6-7-13(2)16(8-12)17(23)10-21-11-19-18(20-21)14-4-3-5-15(9-14)22(24)25/h3-9,11H,10H2,1-2H3. The van der Waals surface area contributed by atoms with Crippen LogP contribution in [0.15, 0.2) is 48.8 Å². The van der Waals surface area contributed by atoms with Crippen molar-refractivity contribution in [2.24, 2.45) is 0 Å². The molecule has 1 heterocycles. The molecule has 3 rings (SSSR count). The highest BCUT2D eigenvalue weighted by Gasteiger charge is 2.13. The maximum Gasteiger partial charge on any atom is 0.270 e. The predicted molar refractivity (Wildman–Crippen MR) is 92.4 cm³/mol. The van der Waals surface area contributed by atoms with Gasteiger partial charge in [-0.1, -0.05) is 29.8 Å². The van der Waals surface area contributed by atoms with Crippen LogP contribution in [0.1, 0.15) is 21.5 Å². The van der Waals surface area contributed by atoms with Crippen molar-refractivity contribution in [3.63, 3.8) is 0 Å². The van der Waals surface area contributed by atoms with E-state index >= 15 is 0 Å². The summed E-state index contributed by atoms with van der Waals surface area (Å²) in [4.78, 5) is 27.0. The summed E-state index contributed by atoms with van der Waals surface area (Å²) in [7, 11) is 0. The van der Waals surface area contributed by atoms with Gasteiger partial charge in [0.05, 0.1) is 4.92 Å². The average Bonchev–Trinajstić information content (AvgIpc) is 3.05. The van der Waals surface area contributed by atoms with Gasteiger partial charge in [0.1, 0.15) is 12.9 Å². The summed E-state index contributed by atoms with van der Waals surface area (Å²) in [6.45, 7) is 3.89. The van der Waals surface area contributed by atoms with Gasteiger partial charge in [0.15, 0.2) is 11.6 Å². The molecule has 0 radical (unpaired) electrons. The molecular formula is C18H16N4O3. The molecule has 0 atom stereocenters. The normalized spacial score (nSPS) is 10.6. The molecular weight excluding hydrogens is 320 g/mol. The van der Waals surface area contributed by atoms with Gasteiger partial charge in [0.2, 0.25) is 0 Å². The highest BCUT2D eigenvalue weighted by Crippen LogP contribution is 2.20. The Morgan fingerprint density at radius 2 is 2.00 bits per heavy atom. The van der Waals surface area contributed by atoms with E-state index in [1.165, 1.54) is 23.1 Å². The molecule has 7 nitrogen and oxygen atoms in total. The van der Waals surface area contributed by atoms with Crippen LogP contribution >= 0.6 is 0 Å². The van der Waals surface area contributed by atoms with Crippen molar-refractivity contribution in [2.45, 2.75) is 20.4 Å². The zero-order chi connectivity index (χ0) is 18.0. The Bertz CT molecular complexity index is 962. The molecule has 0 aliphatic heterocycles. The van der Waals surface area contributed by atoms with Crippen molar-refractivity contribution < 1.29 is 9.72 Å². The van der Waals surface area contributed by atoms with Gasteiger partial charge in [-0.25, -0.2) is 9.67 Å². The quantitative estimate of drug-likeness (QED) is 0.405. The summed E-state index contributed by atoms with van der Waals surface area (Å²) in [5.74, 6) is 0.286. The Hall–Kier alpha value is -3.35. The number of nitrogens with zero attached hydrogens (tertiary/aromatic N) is 4. The topological polar surface area (TPSA) is 90.9 Å². The van der Waals surface area contributed by atoms with Crippen LogP contribution < -0.4 is 0 Å². The summed E-state index contributed by atoms with van der Waals surface area (Å²) >= 11 is 0. The number of hydrogen-bond acceptors (Lipinski definition) is 5. The fraction of sp³-hybridized carbons (Fsp3) is 0.167. The largest absolute Gasteiger partial charge is 0.292 e. The highest BCUT2D eigenvalue weighted by atomic mass is 16.6. The first-order valence-electron chi connectivity index (χ1n) is 7.69. The van der Waals surface area contributed by atoms with E-state index < -0.39 is 4.92 Å². The van der Waals surface area contributed by atoms with Gasteiger partial charge in [-0.15, -0.1) is 0 Å². The lowest BCUT2D eigenvalue weighted by atomic mass is 10.0. The Morgan fingerprint density at radius 3 is 2.76 bits per heavy atom. The zero-order valence-corrected chi connectivity index (χ0v) is 13.8. The summed E-state index contributed by atoms with van der Waals surface area (Å²) in [5.41, 5.74) is 3.10. The lowest BCUT2D eigenvalue weighted by molar-refractivity contribution is -0.384. The molecule has 0 N–H and O–H groups in total. The smallest absolute Gasteiger partial charge is 0.270 e. The fourth-order valence-electron chi connectivity index (χ4n) is 2.53. The third-order valence-electron chi connectivity index (χ3n) is 3.85. The van der Waals surface area contributed by atoms with E-state index in [9.17, 15) is 14.9 Å². The molecule has 0 aliphatic carbocycles. The SMILES string of the molecule is Cc1ccc(C)c(C(=O)Cn2cnc(-c3cccc([N+](=O)[O-])c3)n2)c1. The number of aromatic nitrogens is 3. The van der Waals surface area contributed by atoms with Crippen molar-refractivity contribution in [3.8, 4) is 11.4 Å². The number of Topliss-reactive ketones (excluding diaryl/α,β-unsaturated/α-hetero) is 1.